The first-order valence-electron chi connectivity index (χ1n) is 7.50. The number of halogens is 2. The standard InChI is InChI=1S/C15H22F2N2O4/c1-4-7-23-12(20)14(2,3)8-18-6-5-10-11(18)15(16,17)9-19(10)13(21)22/h4,10-11H,1,5-9H2,2-3H3,(H,21,22). The first kappa shape index (κ1) is 17.7. The molecule has 1 N–H and O–H groups in total. The lowest BCUT2D eigenvalue weighted by molar-refractivity contribution is -0.154. The summed E-state index contributed by atoms with van der Waals surface area (Å²) in [4.78, 5) is 25.5. The largest absolute Gasteiger partial charge is 0.465 e. The van der Waals surface area contributed by atoms with Gasteiger partial charge in [-0.3, -0.25) is 14.6 Å². The second-order valence-corrected chi connectivity index (χ2v) is 6.71. The molecule has 0 aliphatic carbocycles. The molecule has 6 nitrogen and oxygen atoms in total. The summed E-state index contributed by atoms with van der Waals surface area (Å²) in [5.41, 5.74) is -0.968. The number of hydrogen-bond acceptors (Lipinski definition) is 4. The Balaban J connectivity index is 2.11. The molecule has 0 saturated carbocycles. The Morgan fingerprint density at radius 2 is 2.13 bits per heavy atom. The third-order valence-electron chi connectivity index (χ3n) is 4.41. The summed E-state index contributed by atoms with van der Waals surface area (Å²) < 4.78 is 33.5. The van der Waals surface area contributed by atoms with Crippen LogP contribution in [0.25, 0.3) is 0 Å². The van der Waals surface area contributed by atoms with E-state index in [-0.39, 0.29) is 13.2 Å². The molecule has 0 bridgehead atoms. The van der Waals surface area contributed by atoms with Crippen molar-refractivity contribution in [2.75, 3.05) is 26.2 Å². The fourth-order valence-electron chi connectivity index (χ4n) is 3.44. The number of amides is 1. The molecule has 2 rings (SSSR count). The molecule has 0 spiro atoms. The molecule has 2 heterocycles. The van der Waals surface area contributed by atoms with Crippen molar-refractivity contribution in [2.45, 2.75) is 38.3 Å². The van der Waals surface area contributed by atoms with E-state index in [2.05, 4.69) is 6.58 Å². The summed E-state index contributed by atoms with van der Waals surface area (Å²) >= 11 is 0. The van der Waals surface area contributed by atoms with Gasteiger partial charge < -0.3 is 9.84 Å². The maximum atomic E-state index is 14.3. The van der Waals surface area contributed by atoms with Crippen LogP contribution in [0.1, 0.15) is 20.3 Å². The molecule has 2 fully saturated rings. The molecule has 0 aromatic rings. The zero-order valence-electron chi connectivity index (χ0n) is 13.3. The Labute approximate surface area is 133 Å². The van der Waals surface area contributed by atoms with Crippen LogP contribution in [0.15, 0.2) is 12.7 Å². The van der Waals surface area contributed by atoms with Crippen LogP contribution in [-0.4, -0.2) is 71.2 Å². The number of ether oxygens (including phenoxy) is 1. The summed E-state index contributed by atoms with van der Waals surface area (Å²) in [6, 6.07) is -1.92. The number of hydrogen-bond donors (Lipinski definition) is 1. The van der Waals surface area contributed by atoms with Gasteiger partial charge in [-0.2, -0.15) is 0 Å². The molecule has 2 atom stereocenters. The fourth-order valence-corrected chi connectivity index (χ4v) is 3.44. The lowest BCUT2D eigenvalue weighted by atomic mass is 9.92. The van der Waals surface area contributed by atoms with E-state index in [0.29, 0.717) is 13.0 Å². The third kappa shape index (κ3) is 3.31. The molecule has 2 saturated heterocycles. The molecule has 0 radical (unpaired) electrons. The van der Waals surface area contributed by atoms with Crippen LogP contribution in [0, 0.1) is 5.41 Å². The number of rotatable bonds is 5. The second-order valence-electron chi connectivity index (χ2n) is 6.71. The number of carbonyl (C=O) groups excluding carboxylic acids is 1. The minimum absolute atomic E-state index is 0.0667. The Bertz CT molecular complexity index is 510. The first-order valence-corrected chi connectivity index (χ1v) is 7.50. The Kier molecular flexibility index (Phi) is 4.66. The van der Waals surface area contributed by atoms with Crippen LogP contribution >= 0.6 is 0 Å². The number of carbonyl (C=O) groups is 2. The van der Waals surface area contributed by atoms with E-state index in [1.165, 1.54) is 11.0 Å². The molecule has 2 aliphatic rings. The Morgan fingerprint density at radius 1 is 1.48 bits per heavy atom. The van der Waals surface area contributed by atoms with Gasteiger partial charge in [0, 0.05) is 13.1 Å². The minimum atomic E-state index is -3.12. The smallest absolute Gasteiger partial charge is 0.407 e. The van der Waals surface area contributed by atoms with Gasteiger partial charge in [-0.15, -0.1) is 0 Å². The zero-order valence-corrected chi connectivity index (χ0v) is 13.3. The van der Waals surface area contributed by atoms with Crippen molar-refractivity contribution in [3.8, 4) is 0 Å². The lowest BCUT2D eigenvalue weighted by Crippen LogP contribution is -2.50. The molecular weight excluding hydrogens is 310 g/mol. The van der Waals surface area contributed by atoms with Crippen molar-refractivity contribution in [1.82, 2.24) is 9.80 Å². The van der Waals surface area contributed by atoms with Gasteiger partial charge >= 0.3 is 12.1 Å². The quantitative estimate of drug-likeness (QED) is 0.614. The summed E-state index contributed by atoms with van der Waals surface area (Å²) in [7, 11) is 0. The lowest BCUT2D eigenvalue weighted by Gasteiger charge is -2.33. The van der Waals surface area contributed by atoms with E-state index in [0.717, 1.165) is 4.90 Å². The van der Waals surface area contributed by atoms with Gasteiger partial charge in [-0.1, -0.05) is 12.7 Å². The van der Waals surface area contributed by atoms with Gasteiger partial charge in [0.2, 0.25) is 0 Å². The van der Waals surface area contributed by atoms with E-state index in [1.807, 2.05) is 0 Å². The number of carboxylic acid groups (broad SMARTS) is 1. The minimum Gasteiger partial charge on any atom is -0.465 e. The van der Waals surface area contributed by atoms with E-state index in [1.54, 1.807) is 13.8 Å². The molecule has 2 aliphatic heterocycles. The third-order valence-corrected chi connectivity index (χ3v) is 4.41. The topological polar surface area (TPSA) is 70.1 Å². The van der Waals surface area contributed by atoms with E-state index < -0.39 is 42.0 Å². The summed E-state index contributed by atoms with van der Waals surface area (Å²) in [6.07, 6.45) is 0.448. The van der Waals surface area contributed by atoms with Crippen LogP contribution in [0.5, 0.6) is 0 Å². The van der Waals surface area contributed by atoms with E-state index in [4.69, 9.17) is 9.84 Å². The number of nitrogens with zero attached hydrogens (tertiary/aromatic N) is 2. The van der Waals surface area contributed by atoms with E-state index in [9.17, 15) is 18.4 Å². The first-order chi connectivity index (χ1) is 10.6. The van der Waals surface area contributed by atoms with Crippen LogP contribution in [0.3, 0.4) is 0 Å². The number of alkyl halides is 2. The van der Waals surface area contributed by atoms with Gasteiger partial charge in [0.15, 0.2) is 0 Å². The summed E-state index contributed by atoms with van der Waals surface area (Å²) in [5.74, 6) is -3.61. The molecule has 23 heavy (non-hydrogen) atoms. The SMILES string of the molecule is C=CCOC(=O)C(C)(C)CN1CCC2C1C(F)(F)CN2C(=O)O. The fraction of sp³-hybridized carbons (Fsp3) is 0.733. The van der Waals surface area contributed by atoms with Crippen LogP contribution in [0.2, 0.25) is 0 Å². The molecule has 2 unspecified atom stereocenters. The van der Waals surface area contributed by atoms with Crippen molar-refractivity contribution in [2.24, 2.45) is 5.41 Å². The van der Waals surface area contributed by atoms with Gasteiger partial charge in [-0.25, -0.2) is 13.6 Å². The highest BCUT2D eigenvalue weighted by Gasteiger charge is 2.61. The van der Waals surface area contributed by atoms with Gasteiger partial charge in [0.25, 0.3) is 5.92 Å². The highest BCUT2D eigenvalue weighted by molar-refractivity contribution is 5.76. The normalized spacial score (nSPS) is 26.9. The average molecular weight is 332 g/mol. The number of esters is 1. The van der Waals surface area contributed by atoms with E-state index >= 15 is 0 Å². The van der Waals surface area contributed by atoms with Crippen LogP contribution < -0.4 is 0 Å². The number of fused-ring (bicyclic) bond motifs is 1. The van der Waals surface area contributed by atoms with Gasteiger partial charge in [0.1, 0.15) is 6.61 Å². The Hall–Kier alpha value is -1.70. The highest BCUT2D eigenvalue weighted by Crippen LogP contribution is 2.42. The molecule has 0 aromatic carbocycles. The van der Waals surface area contributed by atoms with Crippen LogP contribution in [-0.2, 0) is 9.53 Å². The highest BCUT2D eigenvalue weighted by atomic mass is 19.3. The molecule has 8 heteroatoms. The summed E-state index contributed by atoms with van der Waals surface area (Å²) in [5, 5.41) is 9.09. The molecular formula is C15H22F2N2O4. The average Bonchev–Trinajstić information content (AvgIpc) is 2.96. The van der Waals surface area contributed by atoms with Crippen molar-refractivity contribution in [1.29, 1.82) is 0 Å². The monoisotopic (exact) mass is 332 g/mol. The van der Waals surface area contributed by atoms with Gasteiger partial charge in [0.05, 0.1) is 24.0 Å². The van der Waals surface area contributed by atoms with Crippen molar-refractivity contribution in [3.63, 3.8) is 0 Å². The summed E-state index contributed by atoms with van der Waals surface area (Å²) in [6.45, 7) is 6.41. The predicted octanol–water partition coefficient (Wildman–Crippen LogP) is 1.81. The van der Waals surface area contributed by atoms with Crippen molar-refractivity contribution in [3.05, 3.63) is 12.7 Å². The zero-order chi connectivity index (χ0) is 17.4. The molecule has 0 aromatic heterocycles. The van der Waals surface area contributed by atoms with Gasteiger partial charge in [-0.05, 0) is 20.3 Å². The van der Waals surface area contributed by atoms with Crippen molar-refractivity contribution >= 4 is 12.1 Å². The van der Waals surface area contributed by atoms with Crippen LogP contribution in [0.4, 0.5) is 13.6 Å². The predicted molar refractivity (Wildman–Crippen MR) is 78.4 cm³/mol. The van der Waals surface area contributed by atoms with Crippen molar-refractivity contribution < 1.29 is 28.2 Å². The second kappa shape index (κ2) is 6.07. The molecule has 1 amide bonds. The maximum Gasteiger partial charge on any atom is 0.407 e. The number of likely N-dealkylation sites (tertiary alicyclic amines) is 2. The molecule has 130 valence electrons. The Morgan fingerprint density at radius 3 is 2.70 bits per heavy atom. The maximum absolute atomic E-state index is 14.3.